The second kappa shape index (κ2) is 6.83. The van der Waals surface area contributed by atoms with Gasteiger partial charge in [0.05, 0.1) is 13.2 Å². The first-order chi connectivity index (χ1) is 7.54. The highest BCUT2D eigenvalue weighted by atomic mass is 28.5. The van der Waals surface area contributed by atoms with Gasteiger partial charge in [-0.25, -0.2) is 17.6 Å². The molecule has 0 radical (unpaired) electrons. The van der Waals surface area contributed by atoms with E-state index in [-0.39, 0.29) is 0 Å². The van der Waals surface area contributed by atoms with Crippen molar-refractivity contribution in [2.45, 2.75) is 39.0 Å². The Kier molecular flexibility index (Phi) is 6.84. The summed E-state index contributed by atoms with van der Waals surface area (Å²) < 4.78 is 63.3. The van der Waals surface area contributed by atoms with Crippen LogP contribution in [0, 0.1) is 0 Å². The van der Waals surface area contributed by atoms with Crippen molar-refractivity contribution in [3.05, 3.63) is 0 Å². The molecule has 0 saturated heterocycles. The van der Waals surface area contributed by atoms with Crippen LogP contribution in [0.4, 0.5) is 17.6 Å². The molecule has 0 spiro atoms. The van der Waals surface area contributed by atoms with Gasteiger partial charge in [0.25, 0.3) is 12.9 Å². The predicted molar refractivity (Wildman–Crippen MR) is 60.0 cm³/mol. The van der Waals surface area contributed by atoms with Gasteiger partial charge in [-0.05, 0) is 26.2 Å². The second-order valence-corrected chi connectivity index (χ2v) is 11.3. The number of hydrogen-bond acceptors (Lipinski definition) is 3. The van der Waals surface area contributed by atoms with Crippen LogP contribution >= 0.6 is 0 Å². The van der Waals surface area contributed by atoms with Crippen LogP contribution < -0.4 is 0 Å². The fourth-order valence-electron chi connectivity index (χ4n) is 1.18. The van der Waals surface area contributed by atoms with E-state index >= 15 is 0 Å². The van der Waals surface area contributed by atoms with Gasteiger partial charge in [0.15, 0.2) is 0 Å². The van der Waals surface area contributed by atoms with E-state index in [0.717, 1.165) is 0 Å². The molecule has 104 valence electrons. The molecule has 0 aliphatic heterocycles. The van der Waals surface area contributed by atoms with Gasteiger partial charge in [-0.3, -0.25) is 0 Å². The summed E-state index contributed by atoms with van der Waals surface area (Å²) in [7, 11) is -5.52. The normalized spacial score (nSPS) is 13.8. The van der Waals surface area contributed by atoms with Crippen molar-refractivity contribution in [3.8, 4) is 0 Å². The molecule has 0 N–H and O–H groups in total. The first-order valence-corrected chi connectivity index (χ1v) is 10.7. The van der Waals surface area contributed by atoms with Crippen LogP contribution in [0.2, 0.25) is 26.2 Å². The minimum atomic E-state index is -2.76. The molecule has 0 amide bonds. The van der Waals surface area contributed by atoms with Crippen LogP contribution in [0.15, 0.2) is 0 Å². The second-order valence-electron chi connectivity index (χ2n) is 4.31. The Morgan fingerprint density at radius 3 is 1.29 bits per heavy atom. The molecule has 0 aliphatic rings. The van der Waals surface area contributed by atoms with Crippen LogP contribution in [0.25, 0.3) is 0 Å². The third kappa shape index (κ3) is 9.71. The molecule has 0 fully saturated rings. The third-order valence-electron chi connectivity index (χ3n) is 1.61. The Bertz CT molecular complexity index is 205. The summed E-state index contributed by atoms with van der Waals surface area (Å²) in [6.07, 6.45) is -5.14. The zero-order valence-electron chi connectivity index (χ0n) is 10.3. The SMILES string of the molecule is C[Si](C)(OCC(F)F)O[Si](C)(C)OCC(F)F. The summed E-state index contributed by atoms with van der Waals surface area (Å²) in [4.78, 5) is 0. The maximum Gasteiger partial charge on any atom is 0.323 e. The highest BCUT2D eigenvalue weighted by Gasteiger charge is 2.37. The lowest BCUT2D eigenvalue weighted by Gasteiger charge is -2.32. The van der Waals surface area contributed by atoms with Gasteiger partial charge in [0.1, 0.15) is 0 Å². The van der Waals surface area contributed by atoms with Gasteiger partial charge >= 0.3 is 17.1 Å². The standard InChI is InChI=1S/C8H18F4O3Si2/c1-16(2,13-5-7(9)10)15-17(3,4)14-6-8(11)12/h7-8H,5-6H2,1-4H3. The van der Waals surface area contributed by atoms with E-state index in [1.54, 1.807) is 26.2 Å². The number of rotatable bonds is 8. The summed E-state index contributed by atoms with van der Waals surface area (Å²) >= 11 is 0. The summed E-state index contributed by atoms with van der Waals surface area (Å²) in [5.41, 5.74) is 0. The molecule has 17 heavy (non-hydrogen) atoms. The first kappa shape index (κ1) is 17.0. The Morgan fingerprint density at radius 2 is 1.06 bits per heavy atom. The molecule has 0 aromatic heterocycles. The number of alkyl halides is 4. The minimum Gasteiger partial charge on any atom is -0.415 e. The fraction of sp³-hybridized carbons (Fsp3) is 1.00. The zero-order chi connectivity index (χ0) is 13.7. The average molecular weight is 294 g/mol. The molecule has 0 rings (SSSR count). The van der Waals surface area contributed by atoms with Gasteiger partial charge in [-0.2, -0.15) is 0 Å². The zero-order valence-corrected chi connectivity index (χ0v) is 12.3. The van der Waals surface area contributed by atoms with E-state index in [0.29, 0.717) is 0 Å². The molecule has 0 atom stereocenters. The van der Waals surface area contributed by atoms with Crippen LogP contribution in [-0.4, -0.2) is 43.2 Å². The van der Waals surface area contributed by atoms with Crippen molar-refractivity contribution in [1.82, 2.24) is 0 Å². The Hall–Kier alpha value is 0.0338. The lowest BCUT2D eigenvalue weighted by atomic mass is 10.8. The van der Waals surface area contributed by atoms with E-state index in [2.05, 4.69) is 0 Å². The Balaban J connectivity index is 4.17. The van der Waals surface area contributed by atoms with E-state index in [9.17, 15) is 17.6 Å². The highest BCUT2D eigenvalue weighted by molar-refractivity contribution is 6.78. The largest absolute Gasteiger partial charge is 0.415 e. The lowest BCUT2D eigenvalue weighted by Crippen LogP contribution is -2.49. The number of hydrogen-bond donors (Lipinski definition) is 0. The summed E-state index contributed by atoms with van der Waals surface area (Å²) in [5.74, 6) is 0. The van der Waals surface area contributed by atoms with Crippen LogP contribution in [0.5, 0.6) is 0 Å². The Morgan fingerprint density at radius 1 is 0.765 bits per heavy atom. The molecule has 0 aromatic carbocycles. The van der Waals surface area contributed by atoms with E-state index in [4.69, 9.17) is 13.0 Å². The molecule has 0 saturated carbocycles. The number of halogens is 4. The maximum atomic E-state index is 12.0. The third-order valence-corrected chi connectivity index (χ3v) is 7.26. The van der Waals surface area contributed by atoms with E-state index < -0.39 is 43.2 Å². The molecular formula is C8H18F4O3Si2. The van der Waals surface area contributed by atoms with Crippen molar-refractivity contribution < 1.29 is 30.5 Å². The van der Waals surface area contributed by atoms with Gasteiger partial charge in [-0.15, -0.1) is 0 Å². The van der Waals surface area contributed by atoms with Gasteiger partial charge in [0.2, 0.25) is 0 Å². The molecule has 9 heteroatoms. The predicted octanol–water partition coefficient (Wildman–Crippen LogP) is 2.97. The van der Waals surface area contributed by atoms with Gasteiger partial charge in [0, 0.05) is 0 Å². The van der Waals surface area contributed by atoms with Crippen molar-refractivity contribution in [3.63, 3.8) is 0 Å². The van der Waals surface area contributed by atoms with Crippen LogP contribution in [0.3, 0.4) is 0 Å². The quantitative estimate of drug-likeness (QED) is 0.509. The topological polar surface area (TPSA) is 27.7 Å². The van der Waals surface area contributed by atoms with Gasteiger partial charge in [-0.1, -0.05) is 0 Å². The lowest BCUT2D eigenvalue weighted by molar-refractivity contribution is 0.0527. The van der Waals surface area contributed by atoms with E-state index in [1.165, 1.54) is 0 Å². The van der Waals surface area contributed by atoms with Crippen LogP contribution in [0.1, 0.15) is 0 Å². The molecule has 0 aliphatic carbocycles. The Labute approximate surface area is 101 Å². The molecule has 0 bridgehead atoms. The first-order valence-electron chi connectivity index (χ1n) is 5.08. The highest BCUT2D eigenvalue weighted by Crippen LogP contribution is 2.18. The molecule has 0 unspecified atom stereocenters. The summed E-state index contributed by atoms with van der Waals surface area (Å²) in [5, 5.41) is 0. The molecule has 0 aromatic rings. The minimum absolute atomic E-state index is 0.710. The van der Waals surface area contributed by atoms with Crippen molar-refractivity contribution in [1.29, 1.82) is 0 Å². The molecule has 0 heterocycles. The van der Waals surface area contributed by atoms with Crippen molar-refractivity contribution in [2.75, 3.05) is 13.2 Å². The monoisotopic (exact) mass is 294 g/mol. The van der Waals surface area contributed by atoms with Crippen molar-refractivity contribution in [2.24, 2.45) is 0 Å². The fourth-order valence-corrected chi connectivity index (χ4v) is 7.44. The molecular weight excluding hydrogens is 276 g/mol. The average Bonchev–Trinajstić information content (AvgIpc) is 2.10. The summed E-state index contributed by atoms with van der Waals surface area (Å²) in [6.45, 7) is 4.90. The molecule has 3 nitrogen and oxygen atoms in total. The van der Waals surface area contributed by atoms with Crippen LogP contribution in [-0.2, 0) is 13.0 Å². The summed E-state index contributed by atoms with van der Waals surface area (Å²) in [6, 6.07) is 0. The van der Waals surface area contributed by atoms with Gasteiger partial charge < -0.3 is 13.0 Å². The van der Waals surface area contributed by atoms with E-state index in [1.807, 2.05) is 0 Å². The maximum absolute atomic E-state index is 12.0. The smallest absolute Gasteiger partial charge is 0.323 e. The van der Waals surface area contributed by atoms with Crippen molar-refractivity contribution >= 4 is 17.1 Å².